The van der Waals surface area contributed by atoms with Crippen molar-refractivity contribution in [2.75, 3.05) is 37.0 Å². The van der Waals surface area contributed by atoms with Crippen molar-refractivity contribution in [1.82, 2.24) is 14.5 Å². The molecule has 46 heavy (non-hydrogen) atoms. The van der Waals surface area contributed by atoms with E-state index in [1.54, 1.807) is 17.0 Å². The molecule has 2 aromatic heterocycles. The number of pyridine rings is 2. The monoisotopic (exact) mass is 629 g/mol. The molecule has 2 amide bonds. The number of nitrogens with zero attached hydrogens (tertiary/aromatic N) is 5. The Morgan fingerprint density at radius 3 is 2.46 bits per heavy atom. The molecule has 238 valence electrons. The predicted molar refractivity (Wildman–Crippen MR) is 171 cm³/mol. The molecule has 10 nitrogen and oxygen atoms in total. The third kappa shape index (κ3) is 4.50. The molecule has 0 unspecified atom stereocenters. The summed E-state index contributed by atoms with van der Waals surface area (Å²) < 4.78 is 38.3. The van der Waals surface area contributed by atoms with Crippen LogP contribution in [-0.2, 0) is 9.59 Å². The molecule has 0 radical (unpaired) electrons. The molecule has 6 rings (SSSR count). The van der Waals surface area contributed by atoms with Gasteiger partial charge >= 0.3 is 0 Å². The number of carbonyl (C=O) groups excluding carboxylic acids is 2. The normalized spacial score (nSPS) is 17.7. The zero-order valence-electron chi connectivity index (χ0n) is 26.0. The van der Waals surface area contributed by atoms with Crippen LogP contribution in [0.5, 0.6) is 11.5 Å². The molecule has 12 heteroatoms. The first-order chi connectivity index (χ1) is 21.9. The molecule has 1 saturated heterocycles. The summed E-state index contributed by atoms with van der Waals surface area (Å²) in [6.45, 7) is 9.42. The standard InChI is InChI=1S/C34H33F2N5O5/c1-7-26(43)39-16-23-33(44)38(5)31-30(40(23)15-18(39)4)20-14-22(36)28(27-21(35)11-9-12-24(27)42)37-32(20)41(34(31)45)29-19(17(2)3)10-8-13-25(29)46-6/h7-14,17-18,23,42H,1,15-16H2,2-6H3/t18-,23-/m1/s1. The Hall–Kier alpha value is -5.26. The van der Waals surface area contributed by atoms with Crippen LogP contribution in [0.1, 0.15) is 32.3 Å². The van der Waals surface area contributed by atoms with Gasteiger partial charge in [0.25, 0.3) is 11.5 Å². The van der Waals surface area contributed by atoms with Crippen LogP contribution in [0.15, 0.2) is 59.9 Å². The van der Waals surface area contributed by atoms with Crippen LogP contribution >= 0.6 is 0 Å². The third-order valence-corrected chi connectivity index (χ3v) is 8.81. The average Bonchev–Trinajstić information content (AvgIpc) is 3.02. The lowest BCUT2D eigenvalue weighted by atomic mass is 9.97. The summed E-state index contributed by atoms with van der Waals surface area (Å²) in [4.78, 5) is 50.4. The molecule has 1 fully saturated rings. The van der Waals surface area contributed by atoms with Crippen LogP contribution in [0.25, 0.3) is 28.0 Å². The van der Waals surface area contributed by atoms with Gasteiger partial charge in [0.1, 0.15) is 34.7 Å². The van der Waals surface area contributed by atoms with Gasteiger partial charge in [-0.15, -0.1) is 0 Å². The largest absolute Gasteiger partial charge is 0.507 e. The molecular formula is C34H33F2N5O5. The molecule has 0 spiro atoms. The number of rotatable bonds is 5. The molecule has 2 aliphatic heterocycles. The highest BCUT2D eigenvalue weighted by molar-refractivity contribution is 6.12. The SMILES string of the molecule is C=CC(=O)N1C[C@@H]2C(=O)N(C)c3c(c4cc(F)c(-c5c(O)cccc5F)nc4n(-c4c(OC)cccc4C(C)C)c3=O)N2C[C@H]1C. The van der Waals surface area contributed by atoms with Gasteiger partial charge in [0, 0.05) is 25.0 Å². The summed E-state index contributed by atoms with van der Waals surface area (Å²) in [7, 11) is 2.92. The number of para-hydroxylation sites is 1. The van der Waals surface area contributed by atoms with E-state index in [9.17, 15) is 19.5 Å². The van der Waals surface area contributed by atoms with Gasteiger partial charge < -0.3 is 24.5 Å². The first-order valence-electron chi connectivity index (χ1n) is 14.8. The van der Waals surface area contributed by atoms with Crippen LogP contribution in [-0.4, -0.2) is 70.7 Å². The van der Waals surface area contributed by atoms with Gasteiger partial charge in [0.2, 0.25) is 5.91 Å². The van der Waals surface area contributed by atoms with E-state index in [4.69, 9.17) is 4.74 Å². The number of phenolic OH excluding ortho intramolecular Hbond substituents is 1. The number of likely N-dealkylation sites (N-methyl/N-ethyl adjacent to an activating group) is 1. The summed E-state index contributed by atoms with van der Waals surface area (Å²) in [5.74, 6) is -2.93. The molecule has 4 aromatic rings. The molecule has 1 N–H and O–H groups in total. The number of hydrogen-bond acceptors (Lipinski definition) is 7. The van der Waals surface area contributed by atoms with Crippen LogP contribution < -0.4 is 20.1 Å². The van der Waals surface area contributed by atoms with Gasteiger partial charge in [-0.3, -0.25) is 19.0 Å². The minimum atomic E-state index is -0.950. The number of piperazine rings is 1. The van der Waals surface area contributed by atoms with Gasteiger partial charge in [-0.25, -0.2) is 13.8 Å². The van der Waals surface area contributed by atoms with Crippen LogP contribution in [0, 0.1) is 11.6 Å². The summed E-state index contributed by atoms with van der Waals surface area (Å²) >= 11 is 0. The second-order valence-electron chi connectivity index (χ2n) is 11.8. The third-order valence-electron chi connectivity index (χ3n) is 8.81. The van der Waals surface area contributed by atoms with Crippen molar-refractivity contribution in [2.45, 2.75) is 38.8 Å². The van der Waals surface area contributed by atoms with E-state index in [0.29, 0.717) is 17.0 Å². The number of benzene rings is 2. The maximum Gasteiger partial charge on any atom is 0.283 e. The van der Waals surface area contributed by atoms with Crippen molar-refractivity contribution >= 4 is 34.2 Å². The van der Waals surface area contributed by atoms with E-state index in [1.165, 1.54) is 46.7 Å². The number of halogens is 2. The number of phenols is 1. The molecular weight excluding hydrogens is 596 g/mol. The van der Waals surface area contributed by atoms with E-state index < -0.39 is 52.2 Å². The van der Waals surface area contributed by atoms with Gasteiger partial charge in [-0.2, -0.15) is 0 Å². The van der Waals surface area contributed by atoms with Crippen LogP contribution in [0.4, 0.5) is 20.2 Å². The number of anilines is 2. The highest BCUT2D eigenvalue weighted by Crippen LogP contribution is 2.44. The molecule has 0 bridgehead atoms. The number of aromatic nitrogens is 2. The lowest BCUT2D eigenvalue weighted by Gasteiger charge is -2.49. The molecule has 0 aliphatic carbocycles. The number of carbonyl (C=O) groups is 2. The molecule has 2 atom stereocenters. The smallest absolute Gasteiger partial charge is 0.283 e. The number of amides is 2. The van der Waals surface area contributed by atoms with Gasteiger partial charge in [-0.1, -0.05) is 38.6 Å². The van der Waals surface area contributed by atoms with E-state index >= 15 is 8.78 Å². The first kappa shape index (κ1) is 30.8. The first-order valence-corrected chi connectivity index (χ1v) is 14.8. The van der Waals surface area contributed by atoms with Crippen molar-refractivity contribution in [3.05, 3.63) is 82.7 Å². The fourth-order valence-electron chi connectivity index (χ4n) is 6.58. The highest BCUT2D eigenvalue weighted by Gasteiger charge is 2.46. The second-order valence-corrected chi connectivity index (χ2v) is 11.8. The molecule has 0 saturated carbocycles. The number of methoxy groups -OCH3 is 1. The minimum Gasteiger partial charge on any atom is -0.507 e. The Balaban J connectivity index is 1.77. The summed E-state index contributed by atoms with van der Waals surface area (Å²) in [5.41, 5.74) is -0.335. The molecule has 2 aromatic carbocycles. The van der Waals surface area contributed by atoms with Gasteiger partial charge in [0.15, 0.2) is 11.5 Å². The minimum absolute atomic E-state index is 0.00671. The Labute approximate surface area is 263 Å². The van der Waals surface area contributed by atoms with E-state index in [-0.39, 0.29) is 47.3 Å². The van der Waals surface area contributed by atoms with Crippen molar-refractivity contribution in [3.8, 4) is 28.4 Å². The topological polar surface area (TPSA) is 108 Å². The molecule has 2 aliphatic rings. The Kier molecular flexibility index (Phi) is 7.54. The fraction of sp³-hybridized carbons (Fsp3) is 0.294. The number of fused-ring (bicyclic) bond motifs is 5. The maximum absolute atomic E-state index is 16.2. The zero-order valence-corrected chi connectivity index (χ0v) is 26.0. The van der Waals surface area contributed by atoms with E-state index in [1.807, 2.05) is 26.8 Å². The summed E-state index contributed by atoms with van der Waals surface area (Å²) in [5, 5.41) is 10.8. The Morgan fingerprint density at radius 2 is 1.80 bits per heavy atom. The van der Waals surface area contributed by atoms with Crippen molar-refractivity contribution in [1.29, 1.82) is 0 Å². The summed E-state index contributed by atoms with van der Waals surface area (Å²) in [6, 6.07) is 8.74. The lowest BCUT2D eigenvalue weighted by Crippen LogP contribution is -2.66. The van der Waals surface area contributed by atoms with E-state index in [2.05, 4.69) is 11.6 Å². The maximum atomic E-state index is 16.2. The number of ether oxygens (including phenoxy) is 1. The second kappa shape index (κ2) is 11.3. The fourth-order valence-corrected chi connectivity index (χ4v) is 6.58. The van der Waals surface area contributed by atoms with E-state index in [0.717, 1.165) is 12.1 Å². The van der Waals surface area contributed by atoms with Crippen LogP contribution in [0.2, 0.25) is 0 Å². The number of hydrogen-bond donors (Lipinski definition) is 1. The van der Waals surface area contributed by atoms with Crippen molar-refractivity contribution in [2.24, 2.45) is 0 Å². The molecule has 4 heterocycles. The van der Waals surface area contributed by atoms with Gasteiger partial charge in [0.05, 0.1) is 30.6 Å². The highest BCUT2D eigenvalue weighted by atomic mass is 19.1. The average molecular weight is 630 g/mol. The Bertz CT molecular complexity index is 1990. The summed E-state index contributed by atoms with van der Waals surface area (Å²) in [6.07, 6.45) is 1.18. The Morgan fingerprint density at radius 1 is 1.09 bits per heavy atom. The predicted octanol–water partition coefficient (Wildman–Crippen LogP) is 4.74. The quantitative estimate of drug-likeness (QED) is 0.318. The van der Waals surface area contributed by atoms with Crippen molar-refractivity contribution in [3.63, 3.8) is 0 Å². The van der Waals surface area contributed by atoms with Crippen molar-refractivity contribution < 1.29 is 28.2 Å². The van der Waals surface area contributed by atoms with Crippen LogP contribution in [0.3, 0.4) is 0 Å². The van der Waals surface area contributed by atoms with Gasteiger partial charge in [-0.05, 0) is 48.7 Å². The number of aromatic hydroxyl groups is 1. The lowest BCUT2D eigenvalue weighted by molar-refractivity contribution is -0.130. The zero-order chi connectivity index (χ0) is 33.2.